The Kier molecular flexibility index (Phi) is 3.60. The van der Waals surface area contributed by atoms with Gasteiger partial charge in [-0.1, -0.05) is 54.6 Å². The van der Waals surface area contributed by atoms with Gasteiger partial charge in [0.25, 0.3) is 0 Å². The third kappa shape index (κ3) is 3.29. The summed E-state index contributed by atoms with van der Waals surface area (Å²) in [6.07, 6.45) is 3.88. The Balaban J connectivity index is 2.19. The SMILES string of the molecule is NS(=O)(=O)c1ccc(/C=C/c2ccccc2)cc1. The van der Waals surface area contributed by atoms with Gasteiger partial charge in [-0.25, -0.2) is 13.6 Å². The van der Waals surface area contributed by atoms with E-state index in [4.69, 9.17) is 5.14 Å². The van der Waals surface area contributed by atoms with Crippen molar-refractivity contribution in [3.05, 3.63) is 65.7 Å². The lowest BCUT2D eigenvalue weighted by Crippen LogP contribution is -2.11. The van der Waals surface area contributed by atoms with Crippen molar-refractivity contribution >= 4 is 22.2 Å². The highest BCUT2D eigenvalue weighted by Crippen LogP contribution is 2.11. The van der Waals surface area contributed by atoms with Crippen LogP contribution in [-0.2, 0) is 10.0 Å². The molecular formula is C14H13NO2S. The van der Waals surface area contributed by atoms with Crippen molar-refractivity contribution < 1.29 is 8.42 Å². The molecule has 2 aromatic rings. The highest BCUT2D eigenvalue weighted by atomic mass is 32.2. The van der Waals surface area contributed by atoms with Crippen LogP contribution in [0.4, 0.5) is 0 Å². The molecule has 0 aliphatic carbocycles. The van der Waals surface area contributed by atoms with E-state index < -0.39 is 10.0 Å². The van der Waals surface area contributed by atoms with Crippen molar-refractivity contribution in [3.63, 3.8) is 0 Å². The van der Waals surface area contributed by atoms with Crippen molar-refractivity contribution in [2.24, 2.45) is 5.14 Å². The molecule has 2 aromatic carbocycles. The standard InChI is InChI=1S/C14H13NO2S/c15-18(16,17)14-10-8-13(9-11-14)7-6-12-4-2-1-3-5-12/h1-11H,(H2,15,16,17)/b7-6+. The van der Waals surface area contributed by atoms with Gasteiger partial charge in [0.15, 0.2) is 0 Å². The first-order valence-corrected chi connectivity index (χ1v) is 6.96. The van der Waals surface area contributed by atoms with Crippen molar-refractivity contribution in [1.82, 2.24) is 0 Å². The maximum atomic E-state index is 11.1. The third-order valence-electron chi connectivity index (χ3n) is 2.48. The molecule has 0 atom stereocenters. The summed E-state index contributed by atoms with van der Waals surface area (Å²) in [4.78, 5) is 0.124. The number of benzene rings is 2. The lowest BCUT2D eigenvalue weighted by atomic mass is 10.1. The minimum atomic E-state index is -3.61. The fourth-order valence-corrected chi connectivity index (χ4v) is 2.04. The van der Waals surface area contributed by atoms with Crippen LogP contribution in [0.3, 0.4) is 0 Å². The maximum Gasteiger partial charge on any atom is 0.238 e. The molecule has 3 nitrogen and oxygen atoms in total. The Morgan fingerprint density at radius 1 is 0.778 bits per heavy atom. The molecule has 0 saturated heterocycles. The van der Waals surface area contributed by atoms with Gasteiger partial charge >= 0.3 is 0 Å². The molecule has 0 radical (unpaired) electrons. The summed E-state index contributed by atoms with van der Waals surface area (Å²) in [6, 6.07) is 16.3. The van der Waals surface area contributed by atoms with E-state index in [0.29, 0.717) is 0 Å². The second kappa shape index (κ2) is 5.16. The molecule has 0 aliphatic heterocycles. The van der Waals surface area contributed by atoms with E-state index in [9.17, 15) is 8.42 Å². The summed E-state index contributed by atoms with van der Waals surface area (Å²) < 4.78 is 22.2. The molecule has 0 unspecified atom stereocenters. The molecule has 4 heteroatoms. The largest absolute Gasteiger partial charge is 0.238 e. The van der Waals surface area contributed by atoms with Crippen LogP contribution in [0.1, 0.15) is 11.1 Å². The van der Waals surface area contributed by atoms with Gasteiger partial charge in [0.1, 0.15) is 0 Å². The lowest BCUT2D eigenvalue weighted by Gasteiger charge is -1.98. The van der Waals surface area contributed by atoms with Gasteiger partial charge in [-0.15, -0.1) is 0 Å². The number of hydrogen-bond acceptors (Lipinski definition) is 2. The van der Waals surface area contributed by atoms with E-state index >= 15 is 0 Å². The van der Waals surface area contributed by atoms with Crippen molar-refractivity contribution in [2.75, 3.05) is 0 Å². The van der Waals surface area contributed by atoms with E-state index in [2.05, 4.69) is 0 Å². The number of hydrogen-bond donors (Lipinski definition) is 1. The summed E-state index contributed by atoms with van der Waals surface area (Å²) in [6.45, 7) is 0. The fourth-order valence-electron chi connectivity index (χ4n) is 1.53. The predicted octanol–water partition coefficient (Wildman–Crippen LogP) is 2.50. The Morgan fingerprint density at radius 3 is 1.78 bits per heavy atom. The van der Waals surface area contributed by atoms with Gasteiger partial charge in [0.05, 0.1) is 4.90 Å². The van der Waals surface area contributed by atoms with E-state index in [0.717, 1.165) is 11.1 Å². The first kappa shape index (κ1) is 12.5. The Hall–Kier alpha value is -1.91. The zero-order chi connectivity index (χ0) is 13.0. The number of nitrogens with two attached hydrogens (primary N) is 1. The maximum absolute atomic E-state index is 11.1. The van der Waals surface area contributed by atoms with Crippen LogP contribution in [0.2, 0.25) is 0 Å². The zero-order valence-corrected chi connectivity index (χ0v) is 10.5. The number of sulfonamides is 1. The summed E-state index contributed by atoms with van der Waals surface area (Å²) in [5.41, 5.74) is 2.01. The summed E-state index contributed by atoms with van der Waals surface area (Å²) in [7, 11) is -3.61. The molecule has 92 valence electrons. The third-order valence-corrected chi connectivity index (χ3v) is 3.41. The molecular weight excluding hydrogens is 246 g/mol. The van der Waals surface area contributed by atoms with Crippen LogP contribution in [0.15, 0.2) is 59.5 Å². The molecule has 0 amide bonds. The number of rotatable bonds is 3. The van der Waals surface area contributed by atoms with Crippen LogP contribution in [0, 0.1) is 0 Å². The molecule has 0 aliphatic rings. The Bertz CT molecular complexity index is 644. The molecule has 2 N–H and O–H groups in total. The minimum absolute atomic E-state index is 0.124. The highest BCUT2D eigenvalue weighted by Gasteiger charge is 2.05. The normalized spacial score (nSPS) is 11.8. The van der Waals surface area contributed by atoms with Crippen LogP contribution in [0.5, 0.6) is 0 Å². The second-order valence-electron chi connectivity index (χ2n) is 3.86. The van der Waals surface area contributed by atoms with Gasteiger partial charge in [-0.3, -0.25) is 0 Å². The average molecular weight is 259 g/mol. The highest BCUT2D eigenvalue weighted by molar-refractivity contribution is 7.89. The topological polar surface area (TPSA) is 60.2 Å². The Morgan fingerprint density at radius 2 is 1.28 bits per heavy atom. The molecule has 18 heavy (non-hydrogen) atoms. The van der Waals surface area contributed by atoms with Crippen LogP contribution in [-0.4, -0.2) is 8.42 Å². The van der Waals surface area contributed by atoms with Crippen LogP contribution < -0.4 is 5.14 Å². The lowest BCUT2D eigenvalue weighted by molar-refractivity contribution is 0.598. The van der Waals surface area contributed by atoms with Crippen LogP contribution in [0.25, 0.3) is 12.2 Å². The second-order valence-corrected chi connectivity index (χ2v) is 5.42. The summed E-state index contributed by atoms with van der Waals surface area (Å²) >= 11 is 0. The summed E-state index contributed by atoms with van der Waals surface area (Å²) in [5, 5.41) is 5.03. The van der Waals surface area contributed by atoms with Crippen molar-refractivity contribution in [3.8, 4) is 0 Å². The fraction of sp³-hybridized carbons (Fsp3) is 0. The summed E-state index contributed by atoms with van der Waals surface area (Å²) in [5.74, 6) is 0. The molecule has 0 fully saturated rings. The van der Waals surface area contributed by atoms with E-state index in [-0.39, 0.29) is 4.90 Å². The minimum Gasteiger partial charge on any atom is -0.225 e. The first-order chi connectivity index (χ1) is 8.55. The van der Waals surface area contributed by atoms with Gasteiger partial charge in [-0.05, 0) is 23.3 Å². The van der Waals surface area contributed by atoms with E-state index in [1.54, 1.807) is 12.1 Å². The quantitative estimate of drug-likeness (QED) is 0.861. The molecule has 0 aromatic heterocycles. The average Bonchev–Trinajstić information content (AvgIpc) is 2.37. The molecule has 0 spiro atoms. The zero-order valence-electron chi connectivity index (χ0n) is 9.65. The first-order valence-electron chi connectivity index (χ1n) is 5.42. The van der Waals surface area contributed by atoms with Gasteiger partial charge in [0, 0.05) is 0 Å². The van der Waals surface area contributed by atoms with E-state index in [1.807, 2.05) is 42.5 Å². The Labute approximate surface area is 107 Å². The predicted molar refractivity (Wildman–Crippen MR) is 73.2 cm³/mol. The van der Waals surface area contributed by atoms with Gasteiger partial charge in [-0.2, -0.15) is 0 Å². The number of primary sulfonamides is 1. The van der Waals surface area contributed by atoms with Gasteiger partial charge in [0.2, 0.25) is 10.0 Å². The molecule has 0 heterocycles. The monoisotopic (exact) mass is 259 g/mol. The molecule has 0 bridgehead atoms. The molecule has 2 rings (SSSR count). The smallest absolute Gasteiger partial charge is 0.225 e. The van der Waals surface area contributed by atoms with Crippen LogP contribution >= 0.6 is 0 Å². The molecule has 0 saturated carbocycles. The van der Waals surface area contributed by atoms with Gasteiger partial charge < -0.3 is 0 Å². The van der Waals surface area contributed by atoms with Crippen molar-refractivity contribution in [2.45, 2.75) is 4.90 Å². The van der Waals surface area contributed by atoms with Crippen molar-refractivity contribution in [1.29, 1.82) is 0 Å². The van der Waals surface area contributed by atoms with E-state index in [1.165, 1.54) is 12.1 Å².